The van der Waals surface area contributed by atoms with Gasteiger partial charge in [-0.05, 0) is 125 Å². The fourth-order valence-electron chi connectivity index (χ4n) is 7.45. The van der Waals surface area contributed by atoms with Crippen LogP contribution in [0.5, 0.6) is 0 Å². The molecule has 1 saturated heterocycles. The molecule has 4 N–H and O–H groups in total. The number of ether oxygens (including phenoxy) is 2. The van der Waals surface area contributed by atoms with Crippen molar-refractivity contribution in [2.45, 2.75) is 90.9 Å². The van der Waals surface area contributed by atoms with Gasteiger partial charge < -0.3 is 35.2 Å². The molecule has 2 aliphatic rings. The van der Waals surface area contributed by atoms with E-state index in [9.17, 15) is 24.0 Å². The molecule has 61 heavy (non-hydrogen) atoms. The second kappa shape index (κ2) is 19.4. The molecule has 1 aromatic heterocycles. The predicted molar refractivity (Wildman–Crippen MR) is 229 cm³/mol. The van der Waals surface area contributed by atoms with Crippen molar-refractivity contribution < 1.29 is 33.4 Å². The first-order chi connectivity index (χ1) is 29.0. The first-order valence-electron chi connectivity index (χ1n) is 20.9. The van der Waals surface area contributed by atoms with Crippen LogP contribution in [0.1, 0.15) is 83.1 Å². The lowest BCUT2D eigenvalue weighted by Crippen LogP contribution is -2.51. The minimum atomic E-state index is -0.894. The highest BCUT2D eigenvalue weighted by Gasteiger charge is 2.32. The summed E-state index contributed by atoms with van der Waals surface area (Å²) < 4.78 is 10.9. The van der Waals surface area contributed by atoms with Gasteiger partial charge in [-0.3, -0.25) is 14.4 Å². The van der Waals surface area contributed by atoms with Crippen molar-refractivity contribution in [1.29, 1.82) is 0 Å². The number of alkyl carbamates (subject to hydrolysis) is 1. The van der Waals surface area contributed by atoms with Crippen LogP contribution in [-0.4, -0.2) is 110 Å². The van der Waals surface area contributed by atoms with Crippen molar-refractivity contribution in [2.24, 2.45) is 11.8 Å². The van der Waals surface area contributed by atoms with Crippen LogP contribution in [0.25, 0.3) is 22.5 Å². The number of hydrogen-bond donors (Lipinski definition) is 4. The Morgan fingerprint density at radius 3 is 2.02 bits per heavy atom. The Balaban J connectivity index is 1.11. The van der Waals surface area contributed by atoms with Crippen molar-refractivity contribution in [1.82, 2.24) is 41.1 Å². The lowest BCUT2D eigenvalue weighted by molar-refractivity contribution is -0.130. The number of H-pyrrole nitrogens is 1. The van der Waals surface area contributed by atoms with E-state index in [1.807, 2.05) is 90.1 Å². The molecule has 2 heterocycles. The summed E-state index contributed by atoms with van der Waals surface area (Å²) in [5.74, 6) is -0.322. The number of piperazine rings is 1. The minimum Gasteiger partial charge on any atom is -0.444 e. The number of rotatable bonds is 11. The van der Waals surface area contributed by atoms with Crippen LogP contribution in [-0.2, 0) is 25.5 Å². The molecule has 324 valence electrons. The Labute approximate surface area is 356 Å². The van der Waals surface area contributed by atoms with Gasteiger partial charge in [0.1, 0.15) is 17.2 Å². The second-order valence-electron chi connectivity index (χ2n) is 17.7. The zero-order valence-electron chi connectivity index (χ0n) is 35.8. The van der Waals surface area contributed by atoms with E-state index >= 15 is 0 Å². The van der Waals surface area contributed by atoms with Gasteiger partial charge in [-0.2, -0.15) is 5.21 Å². The average Bonchev–Trinajstić information content (AvgIpc) is 3.77. The third-order valence-electron chi connectivity index (χ3n) is 10.6. The number of tetrazole rings is 1. The smallest absolute Gasteiger partial charge is 0.410 e. The second-order valence-corrected chi connectivity index (χ2v) is 17.7. The lowest BCUT2D eigenvalue weighted by atomic mass is 9.81. The summed E-state index contributed by atoms with van der Waals surface area (Å²) in [4.78, 5) is 69.7. The number of nitrogens with one attached hydrogen (secondary N) is 4. The lowest BCUT2D eigenvalue weighted by Gasteiger charge is -2.35. The van der Waals surface area contributed by atoms with E-state index in [2.05, 4.69) is 36.6 Å². The molecule has 1 saturated carbocycles. The zero-order chi connectivity index (χ0) is 43.7. The molecule has 0 unspecified atom stereocenters. The van der Waals surface area contributed by atoms with Gasteiger partial charge in [-0.25, -0.2) is 9.59 Å². The molecule has 0 spiro atoms. The quantitative estimate of drug-likeness (QED) is 0.134. The fraction of sp³-hybridized carbons (Fsp3) is 0.467. The van der Waals surface area contributed by atoms with Crippen molar-refractivity contribution in [3.63, 3.8) is 0 Å². The molecule has 4 aromatic rings. The van der Waals surface area contributed by atoms with Crippen molar-refractivity contribution >= 4 is 35.6 Å². The largest absolute Gasteiger partial charge is 0.444 e. The van der Waals surface area contributed by atoms with E-state index in [4.69, 9.17) is 9.47 Å². The van der Waals surface area contributed by atoms with Gasteiger partial charge in [0.25, 0.3) is 5.91 Å². The van der Waals surface area contributed by atoms with E-state index in [1.54, 1.807) is 34.1 Å². The van der Waals surface area contributed by atoms with Gasteiger partial charge in [0.15, 0.2) is 0 Å². The third kappa shape index (κ3) is 12.6. The van der Waals surface area contributed by atoms with Crippen LogP contribution < -0.4 is 16.0 Å². The maximum absolute atomic E-state index is 13.9. The van der Waals surface area contributed by atoms with Gasteiger partial charge in [-0.1, -0.05) is 42.5 Å². The number of carbonyl (C=O) groups excluding carboxylic acids is 5. The number of amides is 5. The van der Waals surface area contributed by atoms with Gasteiger partial charge in [-0.15, -0.1) is 10.2 Å². The maximum atomic E-state index is 13.9. The van der Waals surface area contributed by atoms with E-state index in [1.165, 1.54) is 0 Å². The van der Waals surface area contributed by atoms with Crippen LogP contribution in [0.4, 0.5) is 15.3 Å². The van der Waals surface area contributed by atoms with Crippen LogP contribution in [0, 0.1) is 11.8 Å². The van der Waals surface area contributed by atoms with E-state index in [0.717, 1.165) is 35.1 Å². The predicted octanol–water partition coefficient (Wildman–Crippen LogP) is 6.22. The van der Waals surface area contributed by atoms with Crippen LogP contribution in [0.3, 0.4) is 0 Å². The molecule has 16 nitrogen and oxygen atoms in total. The molecule has 2 fully saturated rings. The van der Waals surface area contributed by atoms with E-state index in [-0.39, 0.29) is 42.1 Å². The first kappa shape index (κ1) is 44.2. The van der Waals surface area contributed by atoms with Gasteiger partial charge >= 0.3 is 12.2 Å². The normalized spacial score (nSPS) is 17.5. The van der Waals surface area contributed by atoms with Crippen LogP contribution in [0.2, 0.25) is 0 Å². The molecule has 16 heteroatoms. The number of anilines is 1. The van der Waals surface area contributed by atoms with Gasteiger partial charge in [0.05, 0.1) is 0 Å². The Morgan fingerprint density at radius 1 is 0.770 bits per heavy atom. The Kier molecular flexibility index (Phi) is 14.1. The number of aromatic amines is 1. The standard InChI is InChI=1S/C45H57N9O7/c1-44(2,3)60-42(58)46-28-30-13-17-33(18-14-30)39(55)48-37(40(56)47-34-21-19-32(20-22-34)38-49-51-52-50-38)27-29-11-15-31(16-12-29)35-9-7-8-10-36(35)41(57)53-23-25-54(26-24-53)43(59)61-45(4,5)6/h7-12,15-16,19-22,30,33,37H,13-14,17-18,23-28H2,1-6H3,(H,46,58)(H,47,56)(H,48,55)(H,49,50,51,52)/t30?,33?,37-/m0/s1. The Morgan fingerprint density at radius 2 is 1.39 bits per heavy atom. The summed E-state index contributed by atoms with van der Waals surface area (Å²) in [6.07, 6.45) is 2.15. The van der Waals surface area contributed by atoms with Gasteiger partial charge in [0.2, 0.25) is 17.6 Å². The van der Waals surface area contributed by atoms with E-state index in [0.29, 0.717) is 62.6 Å². The Hall–Kier alpha value is -6.32. The number of benzene rings is 3. The fourth-order valence-corrected chi connectivity index (χ4v) is 7.45. The summed E-state index contributed by atoms with van der Waals surface area (Å²) in [5.41, 5.74) is 3.02. The van der Waals surface area contributed by atoms with E-state index < -0.39 is 23.3 Å². The molecular weight excluding hydrogens is 779 g/mol. The highest BCUT2D eigenvalue weighted by Crippen LogP contribution is 2.30. The molecule has 1 aliphatic carbocycles. The summed E-state index contributed by atoms with van der Waals surface area (Å²) in [7, 11) is 0. The number of aromatic nitrogens is 4. The molecular formula is C45H57N9O7. The molecule has 3 aromatic carbocycles. The third-order valence-corrected chi connectivity index (χ3v) is 10.6. The minimum absolute atomic E-state index is 0.123. The number of nitrogens with zero attached hydrogens (tertiary/aromatic N) is 5. The van der Waals surface area contributed by atoms with Crippen molar-refractivity contribution in [2.75, 3.05) is 38.0 Å². The van der Waals surface area contributed by atoms with Gasteiger partial charge in [0, 0.05) is 61.9 Å². The molecule has 0 radical (unpaired) electrons. The summed E-state index contributed by atoms with van der Waals surface area (Å²) in [6, 6.07) is 21.2. The topological polar surface area (TPSA) is 201 Å². The number of carbonyl (C=O) groups is 5. The molecule has 5 amide bonds. The maximum Gasteiger partial charge on any atom is 0.410 e. The van der Waals surface area contributed by atoms with Crippen molar-refractivity contribution in [3.05, 3.63) is 83.9 Å². The Bertz CT molecular complexity index is 2130. The summed E-state index contributed by atoms with van der Waals surface area (Å²) in [6.45, 7) is 12.9. The average molecular weight is 836 g/mol. The zero-order valence-corrected chi connectivity index (χ0v) is 35.8. The molecule has 1 atom stereocenters. The summed E-state index contributed by atoms with van der Waals surface area (Å²) in [5, 5.41) is 22.9. The summed E-state index contributed by atoms with van der Waals surface area (Å²) >= 11 is 0. The monoisotopic (exact) mass is 835 g/mol. The molecule has 0 bridgehead atoms. The van der Waals surface area contributed by atoms with Crippen LogP contribution in [0.15, 0.2) is 72.8 Å². The van der Waals surface area contributed by atoms with Crippen molar-refractivity contribution in [3.8, 4) is 22.5 Å². The number of hydrogen-bond acceptors (Lipinski definition) is 10. The van der Waals surface area contributed by atoms with Crippen LogP contribution >= 0.6 is 0 Å². The first-order valence-corrected chi connectivity index (χ1v) is 20.9. The molecule has 6 rings (SSSR count). The highest BCUT2D eigenvalue weighted by atomic mass is 16.6. The molecule has 1 aliphatic heterocycles. The highest BCUT2D eigenvalue weighted by molar-refractivity contribution is 6.01. The SMILES string of the molecule is CC(C)(C)OC(=O)NCC1CCC(C(=O)N[C@@H](Cc2ccc(-c3ccccc3C(=O)N3CCN(C(=O)OC(C)(C)C)CC3)cc2)C(=O)Nc2ccc(-c3nn[nH]n3)cc2)CC1.